The molecule has 5 heteroatoms. The summed E-state index contributed by atoms with van der Waals surface area (Å²) in [6.45, 7) is 1.10. The number of rotatable bonds is 3. The van der Waals surface area contributed by atoms with Crippen molar-refractivity contribution in [1.82, 2.24) is 0 Å². The highest BCUT2D eigenvalue weighted by Crippen LogP contribution is 2.37. The molecule has 0 saturated carbocycles. The molecule has 0 radical (unpaired) electrons. The van der Waals surface area contributed by atoms with Crippen molar-refractivity contribution >= 4 is 11.6 Å². The van der Waals surface area contributed by atoms with Crippen molar-refractivity contribution in [3.63, 3.8) is 0 Å². The van der Waals surface area contributed by atoms with Gasteiger partial charge in [0, 0.05) is 23.7 Å². The molecule has 1 aliphatic heterocycles. The third-order valence-electron chi connectivity index (χ3n) is 2.50. The quantitative estimate of drug-likeness (QED) is 0.844. The van der Waals surface area contributed by atoms with E-state index in [4.69, 9.17) is 31.9 Å². The maximum Gasteiger partial charge on any atom is 0.162 e. The average Bonchev–Trinajstić information content (AvgIpc) is 2.28. The zero-order valence-corrected chi connectivity index (χ0v) is 9.54. The minimum absolute atomic E-state index is 0.0337. The van der Waals surface area contributed by atoms with Gasteiger partial charge in [0.2, 0.25) is 0 Å². The first-order valence-electron chi connectivity index (χ1n) is 5.18. The fraction of sp³-hybridized carbons (Fsp3) is 0.455. The number of ether oxygens (including phenoxy) is 2. The molecule has 3 N–H and O–H groups in total. The predicted octanol–water partition coefficient (Wildman–Crippen LogP) is 1.49. The van der Waals surface area contributed by atoms with E-state index in [-0.39, 0.29) is 12.6 Å². The summed E-state index contributed by atoms with van der Waals surface area (Å²) in [4.78, 5) is 0. The van der Waals surface area contributed by atoms with Crippen molar-refractivity contribution in [3.05, 3.63) is 22.7 Å². The second-order valence-electron chi connectivity index (χ2n) is 3.64. The molecule has 0 spiro atoms. The van der Waals surface area contributed by atoms with Crippen LogP contribution in [0.2, 0.25) is 5.02 Å². The fourth-order valence-corrected chi connectivity index (χ4v) is 1.95. The Morgan fingerprint density at radius 2 is 1.94 bits per heavy atom. The lowest BCUT2D eigenvalue weighted by Crippen LogP contribution is -2.17. The fourth-order valence-electron chi connectivity index (χ4n) is 1.66. The van der Waals surface area contributed by atoms with Crippen LogP contribution in [-0.4, -0.2) is 24.9 Å². The average molecular weight is 244 g/mol. The molecule has 4 nitrogen and oxygen atoms in total. The third-order valence-corrected chi connectivity index (χ3v) is 2.83. The summed E-state index contributed by atoms with van der Waals surface area (Å²) in [5, 5.41) is 9.39. The lowest BCUT2D eigenvalue weighted by molar-refractivity contribution is 0.171. The molecule has 0 bridgehead atoms. The summed E-state index contributed by atoms with van der Waals surface area (Å²) in [5.41, 5.74) is 6.68. The zero-order chi connectivity index (χ0) is 11.5. The molecule has 0 fully saturated rings. The van der Waals surface area contributed by atoms with Gasteiger partial charge in [0.1, 0.15) is 13.2 Å². The molecule has 16 heavy (non-hydrogen) atoms. The standard InChI is InChI=1S/C11H14ClNO3/c12-8-6-11-10(15-3-4-16-11)5-7(8)9(13)1-2-14/h5-6,9,14H,1-4,13H2. The van der Waals surface area contributed by atoms with Gasteiger partial charge < -0.3 is 20.3 Å². The Kier molecular flexibility index (Phi) is 3.53. The van der Waals surface area contributed by atoms with E-state index in [1.165, 1.54) is 0 Å². The van der Waals surface area contributed by atoms with E-state index in [9.17, 15) is 0 Å². The van der Waals surface area contributed by atoms with Crippen LogP contribution in [0.4, 0.5) is 0 Å². The van der Waals surface area contributed by atoms with E-state index in [2.05, 4.69) is 0 Å². The molecule has 0 aliphatic carbocycles. The van der Waals surface area contributed by atoms with Gasteiger partial charge >= 0.3 is 0 Å². The van der Waals surface area contributed by atoms with Crippen molar-refractivity contribution in [1.29, 1.82) is 0 Å². The number of aliphatic hydroxyl groups excluding tert-OH is 1. The molecular weight excluding hydrogens is 230 g/mol. The van der Waals surface area contributed by atoms with Crippen molar-refractivity contribution in [2.24, 2.45) is 5.73 Å². The van der Waals surface area contributed by atoms with Gasteiger partial charge in [-0.15, -0.1) is 0 Å². The summed E-state index contributed by atoms with van der Waals surface area (Å²) in [6, 6.07) is 3.22. The van der Waals surface area contributed by atoms with Crippen molar-refractivity contribution in [2.45, 2.75) is 12.5 Å². The maximum absolute atomic E-state index is 8.85. The van der Waals surface area contributed by atoms with Gasteiger partial charge in [-0.05, 0) is 18.1 Å². The Hall–Kier alpha value is -0.970. The van der Waals surface area contributed by atoms with Crippen LogP contribution in [-0.2, 0) is 0 Å². The van der Waals surface area contributed by atoms with Gasteiger partial charge in [-0.2, -0.15) is 0 Å². The highest BCUT2D eigenvalue weighted by atomic mass is 35.5. The van der Waals surface area contributed by atoms with Crippen LogP contribution >= 0.6 is 11.6 Å². The largest absolute Gasteiger partial charge is 0.486 e. The summed E-state index contributed by atoms with van der Waals surface area (Å²) < 4.78 is 10.8. The van der Waals surface area contributed by atoms with Gasteiger partial charge in [0.05, 0.1) is 0 Å². The second kappa shape index (κ2) is 4.91. The first-order chi connectivity index (χ1) is 7.72. The molecule has 1 aliphatic rings. The minimum atomic E-state index is -0.284. The van der Waals surface area contributed by atoms with Gasteiger partial charge in [-0.25, -0.2) is 0 Å². The molecule has 0 amide bonds. The topological polar surface area (TPSA) is 64.7 Å². The second-order valence-corrected chi connectivity index (χ2v) is 4.04. The number of fused-ring (bicyclic) bond motifs is 1. The van der Waals surface area contributed by atoms with E-state index >= 15 is 0 Å². The first-order valence-corrected chi connectivity index (χ1v) is 5.55. The molecule has 1 aromatic carbocycles. The van der Waals surface area contributed by atoms with Crippen LogP contribution in [0.3, 0.4) is 0 Å². The van der Waals surface area contributed by atoms with E-state index < -0.39 is 0 Å². The van der Waals surface area contributed by atoms with Crippen molar-refractivity contribution in [3.8, 4) is 11.5 Å². The maximum atomic E-state index is 8.85. The minimum Gasteiger partial charge on any atom is -0.486 e. The summed E-state index contributed by atoms with van der Waals surface area (Å²) in [6.07, 6.45) is 0.472. The van der Waals surface area contributed by atoms with Crippen LogP contribution < -0.4 is 15.2 Å². The molecule has 1 heterocycles. The molecule has 1 atom stereocenters. The number of nitrogens with two attached hydrogens (primary N) is 1. The van der Waals surface area contributed by atoms with E-state index in [0.29, 0.717) is 36.2 Å². The number of benzene rings is 1. The Bertz CT molecular complexity index is 384. The highest BCUT2D eigenvalue weighted by molar-refractivity contribution is 6.31. The Morgan fingerprint density at radius 1 is 1.31 bits per heavy atom. The van der Waals surface area contributed by atoms with Crippen LogP contribution in [0, 0.1) is 0 Å². The summed E-state index contributed by atoms with van der Waals surface area (Å²) in [5.74, 6) is 1.32. The molecule has 1 aromatic rings. The van der Waals surface area contributed by atoms with E-state index in [1.807, 2.05) is 0 Å². The smallest absolute Gasteiger partial charge is 0.162 e. The van der Waals surface area contributed by atoms with Gasteiger partial charge in [-0.3, -0.25) is 0 Å². The molecule has 1 unspecified atom stereocenters. The lowest BCUT2D eigenvalue weighted by Gasteiger charge is -2.21. The molecule has 88 valence electrons. The van der Waals surface area contributed by atoms with Gasteiger partial charge in [-0.1, -0.05) is 11.6 Å². The summed E-state index contributed by atoms with van der Waals surface area (Å²) in [7, 11) is 0. The van der Waals surface area contributed by atoms with Crippen molar-refractivity contribution in [2.75, 3.05) is 19.8 Å². The third kappa shape index (κ3) is 2.24. The highest BCUT2D eigenvalue weighted by Gasteiger charge is 2.18. The number of halogens is 1. The van der Waals surface area contributed by atoms with Crippen LogP contribution in [0.25, 0.3) is 0 Å². The predicted molar refractivity (Wildman–Crippen MR) is 61.1 cm³/mol. The first kappa shape index (κ1) is 11.5. The van der Waals surface area contributed by atoms with Crippen LogP contribution in [0.5, 0.6) is 11.5 Å². The zero-order valence-electron chi connectivity index (χ0n) is 8.78. The number of hydrogen-bond donors (Lipinski definition) is 2. The number of hydrogen-bond acceptors (Lipinski definition) is 4. The lowest BCUT2D eigenvalue weighted by atomic mass is 10.0. The molecule has 0 aromatic heterocycles. The summed E-state index contributed by atoms with van der Waals surface area (Å²) >= 11 is 6.09. The van der Waals surface area contributed by atoms with E-state index in [0.717, 1.165) is 5.56 Å². The normalized spacial score (nSPS) is 15.9. The molecule has 0 saturated heterocycles. The van der Waals surface area contributed by atoms with Crippen LogP contribution in [0.1, 0.15) is 18.0 Å². The van der Waals surface area contributed by atoms with Crippen LogP contribution in [0.15, 0.2) is 12.1 Å². The Morgan fingerprint density at radius 3 is 2.56 bits per heavy atom. The Balaban J connectivity index is 2.31. The molecule has 2 rings (SSSR count). The van der Waals surface area contributed by atoms with Gasteiger partial charge in [0.15, 0.2) is 11.5 Å². The monoisotopic (exact) mass is 243 g/mol. The number of aliphatic hydroxyl groups is 1. The van der Waals surface area contributed by atoms with Gasteiger partial charge in [0.25, 0.3) is 0 Å². The Labute approximate surface area is 98.9 Å². The molecular formula is C11H14ClNO3. The SMILES string of the molecule is NC(CCO)c1cc2c(cc1Cl)OCCO2. The van der Waals surface area contributed by atoms with E-state index in [1.54, 1.807) is 12.1 Å². The van der Waals surface area contributed by atoms with Crippen molar-refractivity contribution < 1.29 is 14.6 Å².